The Morgan fingerprint density at radius 2 is 1.94 bits per heavy atom. The van der Waals surface area contributed by atoms with E-state index in [-0.39, 0.29) is 0 Å². The van der Waals surface area contributed by atoms with Crippen LogP contribution in [0.2, 0.25) is 0 Å². The van der Waals surface area contributed by atoms with Crippen molar-refractivity contribution in [1.82, 2.24) is 0 Å². The van der Waals surface area contributed by atoms with Gasteiger partial charge in [-0.3, -0.25) is 4.79 Å². The highest BCUT2D eigenvalue weighted by Gasteiger charge is 2.27. The lowest BCUT2D eigenvalue weighted by Crippen LogP contribution is -2.47. The molecular weight excluding hydrogens is 216 g/mol. The Balaban J connectivity index is 2.58. The summed E-state index contributed by atoms with van der Waals surface area (Å²) in [5, 5.41) is 8.92. The highest BCUT2D eigenvalue weighted by molar-refractivity contribution is 5.77. The zero-order valence-electron chi connectivity index (χ0n) is 10.6. The van der Waals surface area contributed by atoms with Crippen molar-refractivity contribution in [3.05, 3.63) is 29.8 Å². The van der Waals surface area contributed by atoms with Crippen LogP contribution in [0, 0.1) is 6.92 Å². The fourth-order valence-corrected chi connectivity index (χ4v) is 1.44. The minimum Gasteiger partial charge on any atom is -0.480 e. The second kappa shape index (κ2) is 5.19. The van der Waals surface area contributed by atoms with Gasteiger partial charge in [0.05, 0.1) is 0 Å². The number of benzene rings is 1. The molecule has 1 rings (SSSR count). The number of hydrogen-bond acceptors (Lipinski definition) is 3. The van der Waals surface area contributed by atoms with Gasteiger partial charge in [-0.25, -0.2) is 0 Å². The topological polar surface area (TPSA) is 66.6 Å². The molecule has 0 saturated carbocycles. The number of nitrogens with two attached hydrogens (primary N) is 1. The predicted octanol–water partition coefficient (Wildman–Crippen LogP) is 1.62. The lowest BCUT2D eigenvalue weighted by Gasteiger charge is -2.25. The molecule has 1 aromatic carbocycles. The van der Waals surface area contributed by atoms with Crippen LogP contribution in [0.4, 0.5) is 5.69 Å². The molecule has 0 aliphatic rings. The maximum absolute atomic E-state index is 10.9. The molecule has 1 aromatic rings. The molecule has 0 aromatic heterocycles. The van der Waals surface area contributed by atoms with E-state index >= 15 is 0 Å². The van der Waals surface area contributed by atoms with E-state index in [9.17, 15) is 4.79 Å². The first kappa shape index (κ1) is 13.5. The average molecular weight is 236 g/mol. The van der Waals surface area contributed by atoms with Crippen molar-refractivity contribution in [1.29, 1.82) is 0 Å². The first-order valence-electron chi connectivity index (χ1n) is 5.63. The minimum atomic E-state index is -1.17. The summed E-state index contributed by atoms with van der Waals surface area (Å²) < 4.78 is 0. The first-order chi connectivity index (χ1) is 7.83. The van der Waals surface area contributed by atoms with Gasteiger partial charge in [0.15, 0.2) is 0 Å². The van der Waals surface area contributed by atoms with Crippen molar-refractivity contribution in [2.24, 2.45) is 5.73 Å². The molecule has 0 saturated heterocycles. The molecule has 0 spiro atoms. The lowest BCUT2D eigenvalue weighted by molar-refractivity contribution is -0.142. The Hall–Kier alpha value is -1.55. The van der Waals surface area contributed by atoms with Crippen LogP contribution in [0.15, 0.2) is 24.3 Å². The van der Waals surface area contributed by atoms with Gasteiger partial charge in [0.1, 0.15) is 5.54 Å². The van der Waals surface area contributed by atoms with Gasteiger partial charge in [0.25, 0.3) is 0 Å². The molecule has 0 amide bonds. The number of rotatable bonds is 5. The monoisotopic (exact) mass is 236 g/mol. The van der Waals surface area contributed by atoms with Crippen molar-refractivity contribution in [3.63, 3.8) is 0 Å². The molecule has 4 nitrogen and oxygen atoms in total. The van der Waals surface area contributed by atoms with Gasteiger partial charge in [-0.15, -0.1) is 0 Å². The van der Waals surface area contributed by atoms with E-state index in [2.05, 4.69) is 0 Å². The predicted molar refractivity (Wildman–Crippen MR) is 69.3 cm³/mol. The van der Waals surface area contributed by atoms with Crippen molar-refractivity contribution in [2.45, 2.75) is 25.8 Å². The van der Waals surface area contributed by atoms with Gasteiger partial charge in [-0.2, -0.15) is 0 Å². The maximum atomic E-state index is 10.9. The number of carboxylic acids is 1. The Labute approximate surface area is 102 Å². The van der Waals surface area contributed by atoms with Gasteiger partial charge in [0.2, 0.25) is 0 Å². The number of carboxylic acid groups (broad SMARTS) is 1. The highest BCUT2D eigenvalue weighted by atomic mass is 16.4. The van der Waals surface area contributed by atoms with Crippen molar-refractivity contribution >= 4 is 11.7 Å². The fourth-order valence-electron chi connectivity index (χ4n) is 1.44. The number of aliphatic carboxylic acids is 1. The Morgan fingerprint density at radius 1 is 1.41 bits per heavy atom. The summed E-state index contributed by atoms with van der Waals surface area (Å²) in [6.45, 7) is 4.19. The molecule has 17 heavy (non-hydrogen) atoms. The molecule has 4 heteroatoms. The van der Waals surface area contributed by atoms with Crippen LogP contribution in [-0.2, 0) is 4.79 Å². The molecular formula is C13H20N2O2. The molecule has 94 valence electrons. The molecule has 1 unspecified atom stereocenters. The standard InChI is InChI=1S/C13H20N2O2/c1-10-4-6-11(7-5-10)15(3)9-8-13(2,14)12(16)17/h4-7H,8-9,14H2,1-3H3,(H,16,17). The normalized spacial score (nSPS) is 14.1. The van der Waals surface area contributed by atoms with Crippen molar-refractivity contribution in [3.8, 4) is 0 Å². The Kier molecular flexibility index (Phi) is 4.12. The van der Waals surface area contributed by atoms with Crippen LogP contribution in [0.5, 0.6) is 0 Å². The number of aryl methyl sites for hydroxylation is 1. The van der Waals surface area contributed by atoms with Crippen LogP contribution in [-0.4, -0.2) is 30.2 Å². The molecule has 0 bridgehead atoms. The molecule has 0 fully saturated rings. The van der Waals surface area contributed by atoms with Crippen LogP contribution in [0.1, 0.15) is 18.9 Å². The van der Waals surface area contributed by atoms with Crippen LogP contribution in [0.3, 0.4) is 0 Å². The fraction of sp³-hybridized carbons (Fsp3) is 0.462. The molecule has 0 heterocycles. The Bertz CT molecular complexity index is 385. The van der Waals surface area contributed by atoms with E-state index in [0.717, 1.165) is 5.69 Å². The highest BCUT2D eigenvalue weighted by Crippen LogP contribution is 2.15. The summed E-state index contributed by atoms with van der Waals surface area (Å²) in [6.07, 6.45) is 0.409. The maximum Gasteiger partial charge on any atom is 0.323 e. The third-order valence-electron chi connectivity index (χ3n) is 2.93. The van der Waals surface area contributed by atoms with Gasteiger partial charge >= 0.3 is 5.97 Å². The van der Waals surface area contributed by atoms with Crippen LogP contribution < -0.4 is 10.6 Å². The smallest absolute Gasteiger partial charge is 0.323 e. The van der Waals surface area contributed by atoms with E-state index in [4.69, 9.17) is 10.8 Å². The average Bonchev–Trinajstić information content (AvgIpc) is 2.27. The van der Waals surface area contributed by atoms with Gasteiger partial charge in [-0.1, -0.05) is 17.7 Å². The number of carbonyl (C=O) groups is 1. The summed E-state index contributed by atoms with van der Waals surface area (Å²) >= 11 is 0. The number of anilines is 1. The zero-order chi connectivity index (χ0) is 13.1. The van der Waals surface area contributed by atoms with E-state index in [1.807, 2.05) is 43.1 Å². The summed E-state index contributed by atoms with van der Waals surface area (Å²) in [5.41, 5.74) is 6.79. The van der Waals surface area contributed by atoms with Gasteiger partial charge in [0, 0.05) is 19.3 Å². The minimum absolute atomic E-state index is 0.409. The van der Waals surface area contributed by atoms with E-state index in [1.54, 1.807) is 0 Å². The number of hydrogen-bond donors (Lipinski definition) is 2. The largest absolute Gasteiger partial charge is 0.480 e. The zero-order valence-corrected chi connectivity index (χ0v) is 10.6. The second-order valence-corrected chi connectivity index (χ2v) is 4.73. The lowest BCUT2D eigenvalue weighted by atomic mass is 9.99. The molecule has 3 N–H and O–H groups in total. The SMILES string of the molecule is Cc1ccc(N(C)CCC(C)(N)C(=O)O)cc1. The summed E-state index contributed by atoms with van der Waals surface area (Å²) in [5.74, 6) is -0.963. The van der Waals surface area contributed by atoms with Gasteiger partial charge in [-0.05, 0) is 32.4 Å². The molecule has 0 aliphatic heterocycles. The third kappa shape index (κ3) is 3.75. The van der Waals surface area contributed by atoms with Crippen LogP contribution >= 0.6 is 0 Å². The first-order valence-corrected chi connectivity index (χ1v) is 5.63. The van der Waals surface area contributed by atoms with E-state index in [0.29, 0.717) is 13.0 Å². The quantitative estimate of drug-likeness (QED) is 0.815. The summed E-state index contributed by atoms with van der Waals surface area (Å²) in [6, 6.07) is 8.10. The van der Waals surface area contributed by atoms with E-state index in [1.165, 1.54) is 12.5 Å². The summed E-state index contributed by atoms with van der Waals surface area (Å²) in [4.78, 5) is 12.9. The second-order valence-electron chi connectivity index (χ2n) is 4.73. The molecule has 1 atom stereocenters. The third-order valence-corrected chi connectivity index (χ3v) is 2.93. The van der Waals surface area contributed by atoms with Crippen molar-refractivity contribution < 1.29 is 9.90 Å². The number of nitrogens with zero attached hydrogens (tertiary/aromatic N) is 1. The van der Waals surface area contributed by atoms with E-state index < -0.39 is 11.5 Å². The molecule has 0 aliphatic carbocycles. The molecule has 0 radical (unpaired) electrons. The van der Waals surface area contributed by atoms with Crippen LogP contribution in [0.25, 0.3) is 0 Å². The van der Waals surface area contributed by atoms with Crippen molar-refractivity contribution in [2.75, 3.05) is 18.5 Å². The summed E-state index contributed by atoms with van der Waals surface area (Å²) in [7, 11) is 1.93. The van der Waals surface area contributed by atoms with Gasteiger partial charge < -0.3 is 15.7 Å². The Morgan fingerprint density at radius 3 is 2.41 bits per heavy atom.